The van der Waals surface area contributed by atoms with Gasteiger partial charge in [-0.15, -0.1) is 0 Å². The van der Waals surface area contributed by atoms with Crippen molar-refractivity contribution in [1.82, 2.24) is 0 Å². The molecule has 0 aliphatic heterocycles. The lowest BCUT2D eigenvalue weighted by Gasteiger charge is -2.20. The third kappa shape index (κ3) is 7.57. The maximum Gasteiger partial charge on any atom is 0.155 e. The van der Waals surface area contributed by atoms with Crippen molar-refractivity contribution in [1.29, 1.82) is 0 Å². The van der Waals surface area contributed by atoms with Crippen LogP contribution >= 0.6 is 19.9 Å². The molecule has 1 nitrogen and oxygen atoms in total. The minimum absolute atomic E-state index is 0.196. The summed E-state index contributed by atoms with van der Waals surface area (Å²) in [6.45, 7) is 0. The smallest absolute Gasteiger partial charge is 0.155 e. The number of unbranched alkanes of at least 4 members (excludes halogenated alkanes) is 1. The number of halogens is 1. The lowest BCUT2D eigenvalue weighted by molar-refractivity contribution is -0.114. The van der Waals surface area contributed by atoms with E-state index in [0.29, 0.717) is 6.42 Å². The largest absolute Gasteiger partial charge is 0.295 e. The Morgan fingerprint density at radius 1 is 1.22 bits per heavy atom. The quantitative estimate of drug-likeness (QED) is 0.526. The lowest BCUT2D eigenvalue weighted by atomic mass is 10.1. The predicted octanol–water partition coefficient (Wildman–Crippen LogP) is 4.66. The molecule has 0 aliphatic rings. The Bertz CT molecular complexity index is 393. The van der Waals surface area contributed by atoms with E-state index in [9.17, 15) is 4.79 Å². The van der Waals surface area contributed by atoms with Crippen LogP contribution in [0.4, 0.5) is 0 Å². The van der Waals surface area contributed by atoms with E-state index in [1.54, 1.807) is 6.08 Å². The van der Waals surface area contributed by atoms with E-state index in [1.807, 2.05) is 36.4 Å². The summed E-state index contributed by atoms with van der Waals surface area (Å²) in [4.78, 5) is 11.6. The summed E-state index contributed by atoms with van der Waals surface area (Å²) in [5.41, 5.74) is 1.07. The average molecular weight is 285 g/mol. The fourth-order valence-corrected chi connectivity index (χ4v) is 2.80. The minimum Gasteiger partial charge on any atom is -0.295 e. The Hall–Kier alpha value is -0.730. The zero-order valence-electron chi connectivity index (χ0n) is 11.1. The molecule has 1 aromatic carbocycles. The molecule has 100 valence electrons. The number of hydrogen-bond donors (Lipinski definition) is 0. The van der Waals surface area contributed by atoms with E-state index in [2.05, 4.69) is 12.5 Å². The SMILES string of the molecule is CS(C)(Cl)CCCCC(=O)/C=C/c1ccccc1. The highest BCUT2D eigenvalue weighted by atomic mass is 35.7. The number of ketones is 1. The molecule has 1 rings (SSSR count). The molecule has 0 heterocycles. The lowest BCUT2D eigenvalue weighted by Crippen LogP contribution is -1.97. The highest BCUT2D eigenvalue weighted by Crippen LogP contribution is 2.45. The predicted molar refractivity (Wildman–Crippen MR) is 84.5 cm³/mol. The molecule has 0 bridgehead atoms. The van der Waals surface area contributed by atoms with Gasteiger partial charge in [-0.2, -0.15) is 9.24 Å². The molecule has 18 heavy (non-hydrogen) atoms. The summed E-state index contributed by atoms with van der Waals surface area (Å²) < 4.78 is 0. The van der Waals surface area contributed by atoms with Crippen molar-refractivity contribution < 1.29 is 4.79 Å². The van der Waals surface area contributed by atoms with Crippen LogP contribution in [-0.2, 0) is 4.79 Å². The number of carbonyl (C=O) groups excluding carboxylic acids is 1. The van der Waals surface area contributed by atoms with Gasteiger partial charge in [0.15, 0.2) is 5.78 Å². The van der Waals surface area contributed by atoms with E-state index < -0.39 is 9.24 Å². The van der Waals surface area contributed by atoms with Gasteiger partial charge in [-0.25, -0.2) is 0 Å². The summed E-state index contributed by atoms with van der Waals surface area (Å²) in [7, 11) is 5.24. The zero-order chi connectivity index (χ0) is 13.4. The first-order chi connectivity index (χ1) is 8.47. The normalized spacial score (nSPS) is 12.8. The van der Waals surface area contributed by atoms with Crippen molar-refractivity contribution in [2.24, 2.45) is 0 Å². The van der Waals surface area contributed by atoms with Gasteiger partial charge in [0.1, 0.15) is 0 Å². The van der Waals surface area contributed by atoms with E-state index in [0.717, 1.165) is 24.2 Å². The van der Waals surface area contributed by atoms with Crippen LogP contribution in [0.15, 0.2) is 36.4 Å². The molecule has 0 radical (unpaired) electrons. The van der Waals surface area contributed by atoms with Crippen LogP contribution in [-0.4, -0.2) is 24.0 Å². The molecule has 1 aromatic rings. The van der Waals surface area contributed by atoms with Crippen molar-refractivity contribution >= 4 is 31.8 Å². The van der Waals surface area contributed by atoms with Crippen LogP contribution in [0.1, 0.15) is 24.8 Å². The molecular formula is C15H21ClOS. The third-order valence-corrected chi connectivity index (χ3v) is 4.29. The molecule has 0 amide bonds. The van der Waals surface area contributed by atoms with Crippen molar-refractivity contribution in [3.63, 3.8) is 0 Å². The number of rotatable bonds is 7. The Balaban J connectivity index is 2.24. The van der Waals surface area contributed by atoms with E-state index >= 15 is 0 Å². The summed E-state index contributed by atoms with van der Waals surface area (Å²) >= 11 is 0. The first-order valence-electron chi connectivity index (χ1n) is 6.14. The van der Waals surface area contributed by atoms with Crippen molar-refractivity contribution in [2.75, 3.05) is 18.3 Å². The number of hydrogen-bond acceptors (Lipinski definition) is 1. The summed E-state index contributed by atoms with van der Waals surface area (Å²) in [6, 6.07) is 9.88. The maximum atomic E-state index is 11.6. The van der Waals surface area contributed by atoms with E-state index in [1.165, 1.54) is 0 Å². The van der Waals surface area contributed by atoms with Gasteiger partial charge in [0.05, 0.1) is 0 Å². The molecule has 0 unspecified atom stereocenters. The van der Waals surface area contributed by atoms with Gasteiger partial charge in [-0.1, -0.05) is 47.1 Å². The van der Waals surface area contributed by atoms with Crippen LogP contribution in [0, 0.1) is 0 Å². The Kier molecular flexibility index (Phi) is 6.51. The van der Waals surface area contributed by atoms with Gasteiger partial charge >= 0.3 is 0 Å². The second kappa shape index (κ2) is 7.65. The van der Waals surface area contributed by atoms with Crippen molar-refractivity contribution in [3.05, 3.63) is 42.0 Å². The second-order valence-electron chi connectivity index (χ2n) is 4.77. The molecule has 0 atom stereocenters. The summed E-state index contributed by atoms with van der Waals surface area (Å²) in [6.07, 6.45) is 10.3. The van der Waals surface area contributed by atoms with Crippen molar-refractivity contribution in [3.8, 4) is 0 Å². The van der Waals surface area contributed by atoms with Gasteiger partial charge in [-0.3, -0.25) is 4.79 Å². The summed E-state index contributed by atoms with van der Waals surface area (Å²) in [5, 5.41) is 0. The van der Waals surface area contributed by atoms with Crippen LogP contribution < -0.4 is 0 Å². The Labute approximate surface area is 116 Å². The van der Waals surface area contributed by atoms with Gasteiger partial charge in [-0.05, 0) is 42.7 Å². The highest BCUT2D eigenvalue weighted by Gasteiger charge is 2.06. The maximum absolute atomic E-state index is 11.6. The monoisotopic (exact) mass is 284 g/mol. The van der Waals surface area contributed by atoms with Gasteiger partial charge < -0.3 is 0 Å². The number of benzene rings is 1. The van der Waals surface area contributed by atoms with E-state index in [-0.39, 0.29) is 5.78 Å². The summed E-state index contributed by atoms with van der Waals surface area (Å²) in [5.74, 6) is 1.23. The number of carbonyl (C=O) groups is 1. The Morgan fingerprint density at radius 2 is 1.89 bits per heavy atom. The molecule has 0 spiro atoms. The van der Waals surface area contributed by atoms with E-state index in [4.69, 9.17) is 10.7 Å². The zero-order valence-corrected chi connectivity index (χ0v) is 12.6. The first kappa shape index (κ1) is 15.3. The molecule has 0 saturated carbocycles. The van der Waals surface area contributed by atoms with Crippen LogP contribution in [0.25, 0.3) is 6.08 Å². The Morgan fingerprint density at radius 3 is 2.50 bits per heavy atom. The van der Waals surface area contributed by atoms with Crippen LogP contribution in [0.2, 0.25) is 0 Å². The standard InChI is InChI=1S/C15H21ClOS/c1-18(2,16)13-7-6-10-15(17)12-11-14-8-4-3-5-9-14/h3-5,8-9,11-12H,6-7,10,13H2,1-2H3/b12-11+. The van der Waals surface area contributed by atoms with Crippen LogP contribution in [0.5, 0.6) is 0 Å². The fraction of sp³-hybridized carbons (Fsp3) is 0.400. The molecule has 3 heteroatoms. The van der Waals surface area contributed by atoms with Crippen molar-refractivity contribution in [2.45, 2.75) is 19.3 Å². The topological polar surface area (TPSA) is 17.1 Å². The van der Waals surface area contributed by atoms with Gasteiger partial charge in [0.25, 0.3) is 0 Å². The van der Waals surface area contributed by atoms with Crippen LogP contribution in [0.3, 0.4) is 0 Å². The molecular weight excluding hydrogens is 264 g/mol. The third-order valence-electron chi connectivity index (χ3n) is 2.56. The molecule has 0 saturated heterocycles. The van der Waals surface area contributed by atoms with Gasteiger partial charge in [0, 0.05) is 6.42 Å². The minimum atomic E-state index is -0.934. The molecule has 0 N–H and O–H groups in total. The van der Waals surface area contributed by atoms with Gasteiger partial charge in [0.2, 0.25) is 0 Å². The molecule has 0 aliphatic carbocycles. The fourth-order valence-electron chi connectivity index (χ4n) is 1.58. The highest BCUT2D eigenvalue weighted by molar-refractivity contribution is 8.50. The second-order valence-corrected chi connectivity index (χ2v) is 10.5. The molecule has 0 fully saturated rings. The average Bonchev–Trinajstić information content (AvgIpc) is 2.32. The first-order valence-corrected chi connectivity index (χ1v) is 9.58. The molecule has 0 aromatic heterocycles. The number of allylic oxidation sites excluding steroid dienone is 1.